The van der Waals surface area contributed by atoms with E-state index in [1.807, 2.05) is 31.2 Å². The maximum atomic E-state index is 12.2. The van der Waals surface area contributed by atoms with Crippen molar-refractivity contribution in [1.82, 2.24) is 10.2 Å². The molecule has 0 saturated heterocycles. The van der Waals surface area contributed by atoms with Crippen molar-refractivity contribution >= 4 is 29.3 Å². The van der Waals surface area contributed by atoms with E-state index in [2.05, 4.69) is 15.5 Å². The van der Waals surface area contributed by atoms with E-state index in [-0.39, 0.29) is 11.7 Å². The molecule has 1 N–H and O–H groups in total. The standard InChI is InChI=1S/C20H19N3O4S/c1-3-26-19(25)15-5-4-6-16(11-15)21-17(24)12-28-20-23-22-18(27-20)14-9-7-13(2)8-10-14/h4-11H,3,12H2,1-2H3,(H,21,24). The lowest BCUT2D eigenvalue weighted by atomic mass is 10.1. The fraction of sp³-hybridized carbons (Fsp3) is 0.200. The summed E-state index contributed by atoms with van der Waals surface area (Å²) in [4.78, 5) is 23.9. The van der Waals surface area contributed by atoms with E-state index in [1.54, 1.807) is 31.2 Å². The molecule has 1 amide bonds. The Bertz CT molecular complexity index is 970. The van der Waals surface area contributed by atoms with Crippen molar-refractivity contribution in [2.24, 2.45) is 0 Å². The summed E-state index contributed by atoms with van der Waals surface area (Å²) in [5, 5.41) is 11.0. The number of nitrogens with zero attached hydrogens (tertiary/aromatic N) is 2. The third-order valence-corrected chi connectivity index (χ3v) is 4.51. The minimum absolute atomic E-state index is 0.0964. The van der Waals surface area contributed by atoms with Crippen molar-refractivity contribution in [3.8, 4) is 11.5 Å². The Morgan fingerprint density at radius 2 is 1.93 bits per heavy atom. The van der Waals surface area contributed by atoms with E-state index in [1.165, 1.54) is 0 Å². The van der Waals surface area contributed by atoms with Crippen LogP contribution in [0.5, 0.6) is 0 Å². The van der Waals surface area contributed by atoms with Gasteiger partial charge in [0.15, 0.2) is 0 Å². The van der Waals surface area contributed by atoms with Gasteiger partial charge in [0.2, 0.25) is 11.8 Å². The number of ether oxygens (including phenoxy) is 1. The van der Waals surface area contributed by atoms with Gasteiger partial charge in [-0.25, -0.2) is 4.79 Å². The lowest BCUT2D eigenvalue weighted by molar-refractivity contribution is -0.113. The minimum Gasteiger partial charge on any atom is -0.462 e. The number of anilines is 1. The monoisotopic (exact) mass is 397 g/mol. The third kappa shape index (κ3) is 5.20. The fourth-order valence-corrected chi connectivity index (χ4v) is 2.91. The van der Waals surface area contributed by atoms with Gasteiger partial charge in [0, 0.05) is 11.3 Å². The number of rotatable bonds is 7. The number of esters is 1. The maximum absolute atomic E-state index is 12.2. The summed E-state index contributed by atoms with van der Waals surface area (Å²) in [6.07, 6.45) is 0. The number of carbonyl (C=O) groups is 2. The molecule has 1 heterocycles. The second kappa shape index (κ2) is 9.18. The van der Waals surface area contributed by atoms with Crippen LogP contribution in [0.15, 0.2) is 58.2 Å². The first-order chi connectivity index (χ1) is 13.5. The lowest BCUT2D eigenvalue weighted by Gasteiger charge is -2.06. The van der Waals surface area contributed by atoms with Crippen molar-refractivity contribution in [2.45, 2.75) is 19.1 Å². The molecule has 0 atom stereocenters. The summed E-state index contributed by atoms with van der Waals surface area (Å²) < 4.78 is 10.5. The normalized spacial score (nSPS) is 10.5. The average Bonchev–Trinajstić information content (AvgIpc) is 3.16. The first-order valence-electron chi connectivity index (χ1n) is 8.65. The van der Waals surface area contributed by atoms with Gasteiger partial charge in [-0.15, -0.1) is 10.2 Å². The average molecular weight is 397 g/mol. The molecule has 0 radical (unpaired) electrons. The summed E-state index contributed by atoms with van der Waals surface area (Å²) in [5.41, 5.74) is 2.86. The quantitative estimate of drug-likeness (QED) is 0.476. The van der Waals surface area contributed by atoms with Crippen molar-refractivity contribution in [2.75, 3.05) is 17.7 Å². The van der Waals surface area contributed by atoms with E-state index in [9.17, 15) is 9.59 Å². The molecule has 2 aromatic carbocycles. The van der Waals surface area contributed by atoms with Crippen LogP contribution in [0.2, 0.25) is 0 Å². The number of thioether (sulfide) groups is 1. The molecule has 7 nitrogen and oxygen atoms in total. The topological polar surface area (TPSA) is 94.3 Å². The van der Waals surface area contributed by atoms with Crippen LogP contribution < -0.4 is 5.32 Å². The highest BCUT2D eigenvalue weighted by Gasteiger charge is 2.12. The first kappa shape index (κ1) is 19.6. The van der Waals surface area contributed by atoms with Gasteiger partial charge in [-0.2, -0.15) is 0 Å². The Kier molecular flexibility index (Phi) is 6.44. The number of hydrogen-bond donors (Lipinski definition) is 1. The number of carbonyl (C=O) groups excluding carboxylic acids is 2. The molecule has 144 valence electrons. The van der Waals surface area contributed by atoms with Crippen molar-refractivity contribution in [3.63, 3.8) is 0 Å². The Hall–Kier alpha value is -3.13. The molecule has 0 spiro atoms. The van der Waals surface area contributed by atoms with Gasteiger partial charge in [-0.3, -0.25) is 4.79 Å². The van der Waals surface area contributed by atoms with Crippen LogP contribution in [0.1, 0.15) is 22.8 Å². The predicted molar refractivity (Wildman–Crippen MR) is 106 cm³/mol. The van der Waals surface area contributed by atoms with E-state index in [0.29, 0.717) is 29.0 Å². The molecular formula is C20H19N3O4S. The molecule has 0 unspecified atom stereocenters. The molecule has 1 aromatic heterocycles. The summed E-state index contributed by atoms with van der Waals surface area (Å²) in [6.45, 7) is 4.03. The van der Waals surface area contributed by atoms with Crippen LogP contribution in [0.3, 0.4) is 0 Å². The highest BCUT2D eigenvalue weighted by Crippen LogP contribution is 2.23. The minimum atomic E-state index is -0.428. The summed E-state index contributed by atoms with van der Waals surface area (Å²) in [6, 6.07) is 14.3. The molecule has 0 aliphatic heterocycles. The van der Waals surface area contributed by atoms with E-state index >= 15 is 0 Å². The Labute approximate surface area is 166 Å². The smallest absolute Gasteiger partial charge is 0.338 e. The number of benzene rings is 2. The highest BCUT2D eigenvalue weighted by atomic mass is 32.2. The highest BCUT2D eigenvalue weighted by molar-refractivity contribution is 7.99. The molecule has 28 heavy (non-hydrogen) atoms. The summed E-state index contributed by atoms with van der Waals surface area (Å²) in [7, 11) is 0. The van der Waals surface area contributed by atoms with Gasteiger partial charge in [0.05, 0.1) is 17.9 Å². The Morgan fingerprint density at radius 3 is 2.68 bits per heavy atom. The molecule has 3 aromatic rings. The number of amides is 1. The molecule has 0 saturated carbocycles. The van der Waals surface area contributed by atoms with Gasteiger partial charge in [0.25, 0.3) is 5.22 Å². The number of aromatic nitrogens is 2. The SMILES string of the molecule is CCOC(=O)c1cccc(NC(=O)CSc2nnc(-c3ccc(C)cc3)o2)c1. The molecular weight excluding hydrogens is 378 g/mol. The van der Waals surface area contributed by atoms with Gasteiger partial charge in [-0.05, 0) is 44.2 Å². The molecule has 3 rings (SSSR count). The van der Waals surface area contributed by atoms with Crippen LogP contribution in [-0.2, 0) is 9.53 Å². The predicted octanol–water partition coefficient (Wildman–Crippen LogP) is 3.95. The van der Waals surface area contributed by atoms with Crippen molar-refractivity contribution < 1.29 is 18.7 Å². The zero-order chi connectivity index (χ0) is 19.9. The van der Waals surface area contributed by atoms with Crippen LogP contribution >= 0.6 is 11.8 Å². The van der Waals surface area contributed by atoms with Crippen LogP contribution in [0.4, 0.5) is 5.69 Å². The zero-order valence-electron chi connectivity index (χ0n) is 15.5. The van der Waals surface area contributed by atoms with Crippen LogP contribution in [0, 0.1) is 6.92 Å². The van der Waals surface area contributed by atoms with Crippen LogP contribution in [0.25, 0.3) is 11.5 Å². The number of aryl methyl sites for hydroxylation is 1. The number of nitrogens with one attached hydrogen (secondary N) is 1. The van der Waals surface area contributed by atoms with Gasteiger partial charge in [-0.1, -0.05) is 35.5 Å². The molecule has 0 fully saturated rings. The lowest BCUT2D eigenvalue weighted by Crippen LogP contribution is -2.14. The maximum Gasteiger partial charge on any atom is 0.338 e. The number of hydrogen-bond acceptors (Lipinski definition) is 7. The van der Waals surface area contributed by atoms with Crippen LogP contribution in [-0.4, -0.2) is 34.4 Å². The third-order valence-electron chi connectivity index (χ3n) is 3.69. The first-order valence-corrected chi connectivity index (χ1v) is 9.64. The second-order valence-corrected chi connectivity index (χ2v) is 6.80. The summed E-state index contributed by atoms with van der Waals surface area (Å²) in [5.74, 6) is -0.173. The molecule has 0 aliphatic rings. The fourth-order valence-electron chi connectivity index (χ4n) is 2.34. The molecule has 0 bridgehead atoms. The summed E-state index contributed by atoms with van der Waals surface area (Å²) >= 11 is 1.14. The van der Waals surface area contributed by atoms with Gasteiger partial charge in [0.1, 0.15) is 0 Å². The Morgan fingerprint density at radius 1 is 1.14 bits per heavy atom. The van der Waals surface area contributed by atoms with Gasteiger partial charge < -0.3 is 14.5 Å². The van der Waals surface area contributed by atoms with Crippen molar-refractivity contribution in [1.29, 1.82) is 0 Å². The van der Waals surface area contributed by atoms with Crippen molar-refractivity contribution in [3.05, 3.63) is 59.7 Å². The van der Waals surface area contributed by atoms with E-state index in [0.717, 1.165) is 22.9 Å². The van der Waals surface area contributed by atoms with E-state index < -0.39 is 5.97 Å². The largest absolute Gasteiger partial charge is 0.462 e. The second-order valence-electron chi connectivity index (χ2n) is 5.88. The molecule has 0 aliphatic carbocycles. The zero-order valence-corrected chi connectivity index (χ0v) is 16.3. The Balaban J connectivity index is 1.56. The van der Waals surface area contributed by atoms with Gasteiger partial charge >= 0.3 is 5.97 Å². The van der Waals surface area contributed by atoms with E-state index in [4.69, 9.17) is 9.15 Å². The molecule has 8 heteroatoms.